The lowest BCUT2D eigenvalue weighted by Gasteiger charge is -2.03. The second-order valence-electron chi connectivity index (χ2n) is 3.02. The van der Waals surface area contributed by atoms with Crippen LogP contribution in [0.25, 0.3) is 0 Å². The van der Waals surface area contributed by atoms with Gasteiger partial charge >= 0.3 is 0 Å². The minimum absolute atomic E-state index is 0.00347. The summed E-state index contributed by atoms with van der Waals surface area (Å²) in [5.41, 5.74) is 2.44. The summed E-state index contributed by atoms with van der Waals surface area (Å²) in [6, 6.07) is 4.22. The largest absolute Gasteiger partial charge is 0.152 e. The van der Waals surface area contributed by atoms with Crippen molar-refractivity contribution in [2.75, 3.05) is 0 Å². The van der Waals surface area contributed by atoms with Crippen molar-refractivity contribution in [2.45, 2.75) is 12.3 Å². The van der Waals surface area contributed by atoms with Crippen molar-refractivity contribution in [3.63, 3.8) is 0 Å². The topological polar surface area (TPSA) is 0 Å². The molecule has 0 saturated carbocycles. The number of hydrogen-bond donors (Lipinski definition) is 0. The average Bonchev–Trinajstić information content (AvgIpc) is 2.76. The summed E-state index contributed by atoms with van der Waals surface area (Å²) in [5.74, 6) is 0. The first kappa shape index (κ1) is 10.7. The Hall–Kier alpha value is 0.170. The van der Waals surface area contributed by atoms with Crippen LogP contribution in [0.1, 0.15) is 21.4 Å². The third-order valence-corrected chi connectivity index (χ3v) is 5.48. The normalized spacial score (nSPS) is 13.1. The molecule has 0 saturated heterocycles. The Morgan fingerprint density at radius 1 is 1.50 bits per heavy atom. The van der Waals surface area contributed by atoms with E-state index >= 15 is 0 Å². The van der Waals surface area contributed by atoms with E-state index in [0.717, 1.165) is 0 Å². The van der Waals surface area contributed by atoms with Gasteiger partial charge in [-0.3, -0.25) is 0 Å². The summed E-state index contributed by atoms with van der Waals surface area (Å²) in [6.07, 6.45) is 0. The van der Waals surface area contributed by atoms with Crippen LogP contribution in [0.2, 0.25) is 0 Å². The van der Waals surface area contributed by atoms with Gasteiger partial charge in [-0.25, -0.2) is 0 Å². The molecule has 1 unspecified atom stereocenters. The SMILES string of the molecule is Cc1cc(C(Cl)c2ccsc2)sc1Br. The summed E-state index contributed by atoms with van der Waals surface area (Å²) >= 11 is 13.3. The van der Waals surface area contributed by atoms with Crippen LogP contribution in [0.4, 0.5) is 0 Å². The highest BCUT2D eigenvalue weighted by molar-refractivity contribution is 9.11. The summed E-state index contributed by atoms with van der Waals surface area (Å²) in [6.45, 7) is 2.08. The fourth-order valence-corrected chi connectivity index (χ4v) is 3.86. The lowest BCUT2D eigenvalue weighted by Crippen LogP contribution is -1.85. The zero-order chi connectivity index (χ0) is 10.1. The molecule has 74 valence electrons. The molecule has 2 heterocycles. The highest BCUT2D eigenvalue weighted by atomic mass is 79.9. The number of thiophene rings is 2. The molecule has 1 atom stereocenters. The van der Waals surface area contributed by atoms with Crippen LogP contribution in [0.5, 0.6) is 0 Å². The Morgan fingerprint density at radius 3 is 2.79 bits per heavy atom. The van der Waals surface area contributed by atoms with Crippen molar-refractivity contribution in [1.82, 2.24) is 0 Å². The third-order valence-electron chi connectivity index (χ3n) is 1.96. The van der Waals surface area contributed by atoms with Crippen molar-refractivity contribution in [3.8, 4) is 0 Å². The van der Waals surface area contributed by atoms with Gasteiger partial charge in [-0.05, 0) is 56.9 Å². The molecule has 2 aromatic rings. The fraction of sp³-hybridized carbons (Fsp3) is 0.200. The molecule has 0 aliphatic heterocycles. The van der Waals surface area contributed by atoms with Gasteiger partial charge in [0, 0.05) is 4.88 Å². The van der Waals surface area contributed by atoms with E-state index in [-0.39, 0.29) is 5.38 Å². The van der Waals surface area contributed by atoms with Gasteiger partial charge in [0.25, 0.3) is 0 Å². The van der Waals surface area contributed by atoms with Crippen LogP contribution < -0.4 is 0 Å². The van der Waals surface area contributed by atoms with E-state index in [4.69, 9.17) is 11.6 Å². The Balaban J connectivity index is 2.32. The van der Waals surface area contributed by atoms with Gasteiger partial charge < -0.3 is 0 Å². The lowest BCUT2D eigenvalue weighted by molar-refractivity contribution is 1.20. The van der Waals surface area contributed by atoms with Crippen molar-refractivity contribution in [1.29, 1.82) is 0 Å². The monoisotopic (exact) mass is 306 g/mol. The molecule has 4 heteroatoms. The number of hydrogen-bond acceptors (Lipinski definition) is 2. The van der Waals surface area contributed by atoms with Gasteiger partial charge in [0.15, 0.2) is 0 Å². The second kappa shape index (κ2) is 4.35. The van der Waals surface area contributed by atoms with E-state index < -0.39 is 0 Å². The molecule has 0 nitrogen and oxygen atoms in total. The summed E-state index contributed by atoms with van der Waals surface area (Å²) in [7, 11) is 0. The standard InChI is InChI=1S/C10H8BrClS2/c1-6-4-8(14-10(6)11)9(12)7-2-3-13-5-7/h2-5,9H,1H3. The van der Waals surface area contributed by atoms with Crippen LogP contribution in [0.15, 0.2) is 26.7 Å². The van der Waals surface area contributed by atoms with E-state index in [0.29, 0.717) is 0 Å². The zero-order valence-electron chi connectivity index (χ0n) is 7.46. The molecule has 0 amide bonds. The van der Waals surface area contributed by atoms with Crippen LogP contribution in [0.3, 0.4) is 0 Å². The molecule has 2 aromatic heterocycles. The van der Waals surface area contributed by atoms with Gasteiger partial charge in [-0.15, -0.1) is 22.9 Å². The van der Waals surface area contributed by atoms with Crippen molar-refractivity contribution in [2.24, 2.45) is 0 Å². The predicted octanol–water partition coefficient (Wildman–Crippen LogP) is 5.21. The van der Waals surface area contributed by atoms with Crippen LogP contribution in [0, 0.1) is 6.92 Å². The number of aryl methyl sites for hydroxylation is 1. The lowest BCUT2D eigenvalue weighted by atomic mass is 10.2. The Labute approximate surface area is 105 Å². The molecule has 14 heavy (non-hydrogen) atoms. The zero-order valence-corrected chi connectivity index (χ0v) is 11.4. The predicted molar refractivity (Wildman–Crippen MR) is 68.8 cm³/mol. The molecule has 0 aliphatic rings. The van der Waals surface area contributed by atoms with Crippen LogP contribution in [-0.4, -0.2) is 0 Å². The highest BCUT2D eigenvalue weighted by Gasteiger charge is 2.14. The first-order chi connectivity index (χ1) is 6.68. The van der Waals surface area contributed by atoms with Crippen molar-refractivity contribution >= 4 is 50.2 Å². The van der Waals surface area contributed by atoms with Gasteiger partial charge in [0.05, 0.1) is 9.16 Å². The van der Waals surface area contributed by atoms with E-state index in [1.54, 1.807) is 22.7 Å². The molecule has 2 rings (SSSR count). The second-order valence-corrected chi connectivity index (χ2v) is 6.64. The molecule has 0 N–H and O–H groups in total. The Bertz CT molecular complexity index is 400. The van der Waals surface area contributed by atoms with E-state index in [9.17, 15) is 0 Å². The van der Waals surface area contributed by atoms with Crippen LogP contribution >= 0.6 is 50.2 Å². The molecule has 0 fully saturated rings. The fourth-order valence-electron chi connectivity index (χ4n) is 1.19. The van der Waals surface area contributed by atoms with Crippen LogP contribution in [-0.2, 0) is 0 Å². The Morgan fingerprint density at radius 2 is 2.29 bits per heavy atom. The molecule has 0 aromatic carbocycles. The maximum atomic E-state index is 6.35. The van der Waals surface area contributed by atoms with Gasteiger partial charge in [0.2, 0.25) is 0 Å². The summed E-state index contributed by atoms with van der Waals surface area (Å²) in [5, 5.41) is 4.15. The third kappa shape index (κ3) is 2.06. The average molecular weight is 308 g/mol. The molecule has 0 aliphatic carbocycles. The van der Waals surface area contributed by atoms with Gasteiger partial charge in [-0.1, -0.05) is 0 Å². The molecular formula is C10H8BrClS2. The van der Waals surface area contributed by atoms with E-state index in [1.165, 1.54) is 19.8 Å². The maximum absolute atomic E-state index is 6.35. The summed E-state index contributed by atoms with van der Waals surface area (Å²) < 4.78 is 1.17. The molecule has 0 bridgehead atoms. The first-order valence-electron chi connectivity index (χ1n) is 4.10. The van der Waals surface area contributed by atoms with Gasteiger partial charge in [-0.2, -0.15) is 11.3 Å². The van der Waals surface area contributed by atoms with E-state index in [1.807, 2.05) is 0 Å². The first-order valence-corrected chi connectivity index (χ1v) is 7.09. The molecule has 0 spiro atoms. The number of alkyl halides is 1. The Kier molecular flexibility index (Phi) is 3.32. The quantitative estimate of drug-likeness (QED) is 0.668. The van der Waals surface area contributed by atoms with Crippen molar-refractivity contribution < 1.29 is 0 Å². The molecular weight excluding hydrogens is 300 g/mol. The van der Waals surface area contributed by atoms with E-state index in [2.05, 4.69) is 45.7 Å². The number of rotatable bonds is 2. The highest BCUT2D eigenvalue weighted by Crippen LogP contribution is 2.38. The molecule has 0 radical (unpaired) electrons. The van der Waals surface area contributed by atoms with Gasteiger partial charge in [0.1, 0.15) is 0 Å². The minimum atomic E-state index is -0.00347. The minimum Gasteiger partial charge on any atom is -0.152 e. The number of halogens is 2. The summed E-state index contributed by atoms with van der Waals surface area (Å²) in [4.78, 5) is 1.20. The smallest absolute Gasteiger partial charge is 0.0936 e. The maximum Gasteiger partial charge on any atom is 0.0936 e. The van der Waals surface area contributed by atoms with Crippen molar-refractivity contribution in [3.05, 3.63) is 42.7 Å².